The summed E-state index contributed by atoms with van der Waals surface area (Å²) in [5.41, 5.74) is 5.96. The van der Waals surface area contributed by atoms with Crippen molar-refractivity contribution in [2.24, 2.45) is 11.1 Å². The van der Waals surface area contributed by atoms with Crippen molar-refractivity contribution in [3.05, 3.63) is 66.2 Å². The summed E-state index contributed by atoms with van der Waals surface area (Å²) in [6.45, 7) is -0.0976. The summed E-state index contributed by atoms with van der Waals surface area (Å²) in [6.07, 6.45) is 0. The zero-order chi connectivity index (χ0) is 15.8. The second-order valence-electron chi connectivity index (χ2n) is 5.76. The molecule has 0 radical (unpaired) electrons. The molecule has 5 heteroatoms. The fourth-order valence-corrected chi connectivity index (χ4v) is 5.83. The van der Waals surface area contributed by atoms with Crippen LogP contribution in [0, 0.1) is 5.41 Å². The van der Waals surface area contributed by atoms with Gasteiger partial charge in [-0.1, -0.05) is 48.5 Å². The number of aliphatic hydroxyl groups excluding tert-OH is 1. The van der Waals surface area contributed by atoms with Crippen LogP contribution in [-0.4, -0.2) is 31.9 Å². The highest BCUT2D eigenvalue weighted by Crippen LogP contribution is 2.63. The van der Waals surface area contributed by atoms with Gasteiger partial charge in [0.05, 0.1) is 16.8 Å². The van der Waals surface area contributed by atoms with Gasteiger partial charge < -0.3 is 10.8 Å². The van der Waals surface area contributed by atoms with Crippen molar-refractivity contribution in [3.8, 4) is 0 Å². The summed E-state index contributed by atoms with van der Waals surface area (Å²) in [5, 5.41) is 9.14. The van der Waals surface area contributed by atoms with Crippen LogP contribution >= 0.6 is 0 Å². The molecule has 0 spiro atoms. The Kier molecular flexibility index (Phi) is 3.80. The molecular formula is C17H19NO3S. The summed E-state index contributed by atoms with van der Waals surface area (Å²) in [6, 6.07) is 17.8. The molecule has 0 aliphatic heterocycles. The van der Waals surface area contributed by atoms with Gasteiger partial charge in [0.25, 0.3) is 0 Å². The SMILES string of the molecule is NCC1(CO)C(c2ccccc2)C1S(=O)(=O)c1ccccc1. The third-order valence-corrected chi connectivity index (χ3v) is 6.96. The lowest BCUT2D eigenvalue weighted by Gasteiger charge is -2.12. The molecule has 0 heterocycles. The third-order valence-electron chi connectivity index (χ3n) is 4.62. The Morgan fingerprint density at radius 2 is 1.55 bits per heavy atom. The number of aliphatic hydroxyl groups is 1. The fourth-order valence-electron chi connectivity index (χ4n) is 3.36. The number of hydrogen-bond acceptors (Lipinski definition) is 4. The first kappa shape index (κ1) is 15.2. The third kappa shape index (κ3) is 2.17. The van der Waals surface area contributed by atoms with Gasteiger partial charge in [-0.2, -0.15) is 0 Å². The Morgan fingerprint density at radius 3 is 2.05 bits per heavy atom. The number of sulfone groups is 1. The molecule has 1 aliphatic carbocycles. The van der Waals surface area contributed by atoms with Crippen LogP contribution in [-0.2, 0) is 9.84 Å². The molecule has 0 amide bonds. The average molecular weight is 317 g/mol. The topological polar surface area (TPSA) is 80.4 Å². The van der Waals surface area contributed by atoms with Crippen molar-refractivity contribution in [1.82, 2.24) is 0 Å². The van der Waals surface area contributed by atoms with Crippen molar-refractivity contribution >= 4 is 9.84 Å². The molecule has 2 aromatic rings. The molecular weight excluding hydrogens is 298 g/mol. The van der Waals surface area contributed by atoms with Crippen molar-refractivity contribution in [2.45, 2.75) is 16.1 Å². The van der Waals surface area contributed by atoms with Gasteiger partial charge >= 0.3 is 0 Å². The van der Waals surface area contributed by atoms with E-state index >= 15 is 0 Å². The maximum Gasteiger partial charge on any atom is 0.182 e. The first-order valence-electron chi connectivity index (χ1n) is 7.23. The summed E-state index contributed by atoms with van der Waals surface area (Å²) in [5.74, 6) is -0.270. The summed E-state index contributed by atoms with van der Waals surface area (Å²) < 4.78 is 25.9. The molecule has 0 aromatic heterocycles. The van der Waals surface area contributed by atoms with E-state index in [-0.39, 0.29) is 24.0 Å². The molecule has 22 heavy (non-hydrogen) atoms. The van der Waals surface area contributed by atoms with Crippen LogP contribution in [0.4, 0.5) is 0 Å². The maximum absolute atomic E-state index is 12.9. The molecule has 3 unspecified atom stereocenters. The van der Waals surface area contributed by atoms with Gasteiger partial charge in [-0.05, 0) is 17.7 Å². The highest BCUT2D eigenvalue weighted by Gasteiger charge is 2.69. The van der Waals surface area contributed by atoms with E-state index in [9.17, 15) is 13.5 Å². The predicted octanol–water partition coefficient (Wildman–Crippen LogP) is 1.56. The van der Waals surface area contributed by atoms with Gasteiger partial charge in [-0.25, -0.2) is 8.42 Å². The highest BCUT2D eigenvalue weighted by molar-refractivity contribution is 7.92. The highest BCUT2D eigenvalue weighted by atomic mass is 32.2. The van der Waals surface area contributed by atoms with E-state index in [4.69, 9.17) is 5.73 Å². The normalized spacial score (nSPS) is 27.5. The van der Waals surface area contributed by atoms with Gasteiger partial charge in [0.1, 0.15) is 0 Å². The summed E-state index contributed by atoms with van der Waals surface area (Å²) in [4.78, 5) is 0.282. The Labute approximate surface area is 130 Å². The smallest absolute Gasteiger partial charge is 0.182 e. The predicted molar refractivity (Wildman–Crippen MR) is 85.2 cm³/mol. The molecule has 0 saturated heterocycles. The average Bonchev–Trinajstić information content (AvgIpc) is 3.27. The minimum absolute atomic E-state index is 0.139. The van der Waals surface area contributed by atoms with Crippen LogP contribution in [0.2, 0.25) is 0 Å². The Morgan fingerprint density at radius 1 is 1.00 bits per heavy atom. The van der Waals surface area contributed by atoms with Gasteiger partial charge in [0, 0.05) is 17.9 Å². The van der Waals surface area contributed by atoms with Crippen LogP contribution in [0.3, 0.4) is 0 Å². The number of rotatable bonds is 5. The van der Waals surface area contributed by atoms with Gasteiger partial charge in [0.15, 0.2) is 9.84 Å². The van der Waals surface area contributed by atoms with E-state index < -0.39 is 20.5 Å². The first-order valence-corrected chi connectivity index (χ1v) is 8.77. The fraction of sp³-hybridized carbons (Fsp3) is 0.294. The minimum Gasteiger partial charge on any atom is -0.396 e. The summed E-state index contributed by atoms with van der Waals surface area (Å²) in [7, 11) is -3.53. The van der Waals surface area contributed by atoms with Crippen LogP contribution in [0.1, 0.15) is 11.5 Å². The summed E-state index contributed by atoms with van der Waals surface area (Å²) >= 11 is 0. The quantitative estimate of drug-likeness (QED) is 0.877. The molecule has 3 rings (SSSR count). The number of benzene rings is 2. The van der Waals surface area contributed by atoms with Crippen molar-refractivity contribution < 1.29 is 13.5 Å². The molecule has 3 N–H and O–H groups in total. The van der Waals surface area contributed by atoms with Crippen molar-refractivity contribution in [3.63, 3.8) is 0 Å². The largest absolute Gasteiger partial charge is 0.396 e. The van der Waals surface area contributed by atoms with Gasteiger partial charge in [0.2, 0.25) is 0 Å². The molecule has 116 valence electrons. The number of hydrogen-bond donors (Lipinski definition) is 2. The Hall–Kier alpha value is -1.69. The van der Waals surface area contributed by atoms with Crippen LogP contribution in [0.25, 0.3) is 0 Å². The lowest BCUT2D eigenvalue weighted by Crippen LogP contribution is -2.27. The van der Waals surface area contributed by atoms with Crippen molar-refractivity contribution in [2.75, 3.05) is 13.2 Å². The van der Waals surface area contributed by atoms with E-state index in [0.29, 0.717) is 0 Å². The molecule has 1 fully saturated rings. The molecule has 2 aromatic carbocycles. The van der Waals surface area contributed by atoms with Crippen molar-refractivity contribution in [1.29, 1.82) is 0 Å². The number of nitrogens with two attached hydrogens (primary N) is 1. The molecule has 3 atom stereocenters. The standard InChI is InChI=1S/C17H19NO3S/c18-11-17(12-19)15(13-7-3-1-4-8-13)16(17)22(20,21)14-9-5-2-6-10-14/h1-10,15-16,19H,11-12,18H2. The van der Waals surface area contributed by atoms with E-state index in [2.05, 4.69) is 0 Å². The van der Waals surface area contributed by atoms with Crippen LogP contribution in [0.5, 0.6) is 0 Å². The first-order chi connectivity index (χ1) is 10.6. The van der Waals surface area contributed by atoms with Crippen LogP contribution < -0.4 is 5.73 Å². The van der Waals surface area contributed by atoms with Crippen LogP contribution in [0.15, 0.2) is 65.6 Å². The van der Waals surface area contributed by atoms with Gasteiger partial charge in [-0.3, -0.25) is 0 Å². The van der Waals surface area contributed by atoms with E-state index in [0.717, 1.165) is 5.56 Å². The monoisotopic (exact) mass is 317 g/mol. The molecule has 0 bridgehead atoms. The lowest BCUT2D eigenvalue weighted by molar-refractivity contribution is 0.212. The van der Waals surface area contributed by atoms with Gasteiger partial charge in [-0.15, -0.1) is 0 Å². The van der Waals surface area contributed by atoms with E-state index in [1.54, 1.807) is 30.3 Å². The molecule has 1 saturated carbocycles. The second-order valence-corrected chi connectivity index (χ2v) is 7.83. The molecule has 4 nitrogen and oxygen atoms in total. The zero-order valence-electron chi connectivity index (χ0n) is 12.1. The Balaban J connectivity index is 2.06. The minimum atomic E-state index is -3.53. The molecule has 1 aliphatic rings. The second kappa shape index (κ2) is 5.50. The Bertz CT molecular complexity index is 740. The maximum atomic E-state index is 12.9. The van der Waals surface area contributed by atoms with E-state index in [1.807, 2.05) is 30.3 Å². The van der Waals surface area contributed by atoms with E-state index in [1.165, 1.54) is 0 Å². The lowest BCUT2D eigenvalue weighted by atomic mass is 10.0. The zero-order valence-corrected chi connectivity index (χ0v) is 12.9.